The second kappa shape index (κ2) is 17.9. The number of rotatable bonds is 16. The van der Waals surface area contributed by atoms with Crippen LogP contribution in [0.15, 0.2) is 0 Å². The van der Waals surface area contributed by atoms with Gasteiger partial charge in [0.25, 0.3) is 0 Å². The Kier molecular flexibility index (Phi) is 20.2. The predicted octanol–water partition coefficient (Wildman–Crippen LogP) is 3.40. The molecule has 0 radical (unpaired) electrons. The van der Waals surface area contributed by atoms with Crippen molar-refractivity contribution >= 4 is 11.6 Å². The van der Waals surface area contributed by atoms with Crippen LogP contribution in [0.4, 0.5) is 0 Å². The van der Waals surface area contributed by atoms with Crippen molar-refractivity contribution in [2.24, 2.45) is 0 Å². The molecule has 136 valence electrons. The van der Waals surface area contributed by atoms with Crippen molar-refractivity contribution in [3.63, 3.8) is 0 Å². The van der Waals surface area contributed by atoms with E-state index in [0.29, 0.717) is 0 Å². The minimum atomic E-state index is 0. The summed E-state index contributed by atoms with van der Waals surface area (Å²) in [6, 6.07) is 0. The first-order chi connectivity index (χ1) is 10.2. The Hall–Kier alpha value is 0.540. The van der Waals surface area contributed by atoms with Gasteiger partial charge in [-0.1, -0.05) is 58.8 Å². The van der Waals surface area contributed by atoms with E-state index in [0.717, 1.165) is 5.88 Å². The zero-order chi connectivity index (χ0) is 15.8. The molecule has 1 atom stereocenters. The first kappa shape index (κ1) is 24.8. The lowest BCUT2D eigenvalue weighted by molar-refractivity contribution is -0.910. The first-order valence-electron chi connectivity index (χ1n) is 9.58. The molecule has 0 saturated heterocycles. The van der Waals surface area contributed by atoms with Gasteiger partial charge in [0, 0.05) is 12.3 Å². The van der Waals surface area contributed by atoms with Crippen LogP contribution in [-0.2, 0) is 0 Å². The summed E-state index contributed by atoms with van der Waals surface area (Å²) < 4.78 is 1.26. The first-order valence-corrected chi connectivity index (χ1v) is 10.1. The second-order valence-electron chi connectivity index (χ2n) is 7.01. The van der Waals surface area contributed by atoms with Gasteiger partial charge in [0.15, 0.2) is 0 Å². The second-order valence-corrected chi connectivity index (χ2v) is 7.39. The van der Waals surface area contributed by atoms with Gasteiger partial charge in [-0.2, -0.15) is 0 Å². The van der Waals surface area contributed by atoms with Gasteiger partial charge in [0.05, 0.1) is 26.7 Å². The van der Waals surface area contributed by atoms with Crippen LogP contribution in [-0.4, -0.2) is 37.0 Å². The van der Waals surface area contributed by atoms with Crippen LogP contribution < -0.4 is 12.4 Å². The Labute approximate surface area is 152 Å². The van der Waals surface area contributed by atoms with E-state index < -0.39 is 0 Å². The topological polar surface area (TPSA) is 0 Å². The summed E-state index contributed by atoms with van der Waals surface area (Å²) in [6.45, 7) is 8.57. The lowest BCUT2D eigenvalue weighted by Gasteiger charge is -2.35. The highest BCUT2D eigenvalue weighted by Crippen LogP contribution is 2.14. The molecule has 0 aromatic carbocycles. The van der Waals surface area contributed by atoms with E-state index in [4.69, 9.17) is 11.6 Å². The zero-order valence-electron chi connectivity index (χ0n) is 15.5. The molecule has 0 aromatic heterocycles. The molecule has 0 spiro atoms. The van der Waals surface area contributed by atoms with Crippen molar-refractivity contribution in [3.05, 3.63) is 0 Å². The van der Waals surface area contributed by atoms with Crippen LogP contribution in [0.2, 0.25) is 0 Å². The molecule has 0 aromatic rings. The van der Waals surface area contributed by atoms with E-state index in [9.17, 15) is 0 Å². The summed E-state index contributed by atoms with van der Waals surface area (Å²) in [5.74, 6) is 0.820. The van der Waals surface area contributed by atoms with Crippen molar-refractivity contribution in [2.45, 2.75) is 90.9 Å². The monoisotopic (exact) mass is 353 g/mol. The third kappa shape index (κ3) is 15.4. The molecule has 0 saturated carbocycles. The molecule has 0 aliphatic carbocycles. The molecule has 0 aliphatic rings. The number of nitrogens with zero attached hydrogens (tertiary/aromatic N) is 1. The van der Waals surface area contributed by atoms with Gasteiger partial charge in [-0.3, -0.25) is 0 Å². The van der Waals surface area contributed by atoms with E-state index in [1.165, 1.54) is 101 Å². The molecule has 0 N–H and O–H groups in total. The fraction of sp³-hybridized carbons (Fsp3) is 1.00. The summed E-state index contributed by atoms with van der Waals surface area (Å²) in [4.78, 5) is 0. The fourth-order valence-corrected chi connectivity index (χ4v) is 3.27. The van der Waals surface area contributed by atoms with Gasteiger partial charge in [-0.15, -0.1) is 11.6 Å². The number of alkyl halides is 1. The maximum absolute atomic E-state index is 5.92. The van der Waals surface area contributed by atoms with Crippen molar-refractivity contribution in [1.29, 1.82) is 0 Å². The maximum atomic E-state index is 5.92. The van der Waals surface area contributed by atoms with Crippen LogP contribution in [0.25, 0.3) is 0 Å². The minimum Gasteiger partial charge on any atom is -1.00 e. The minimum absolute atomic E-state index is 0. The molecule has 0 amide bonds. The summed E-state index contributed by atoms with van der Waals surface area (Å²) in [5.41, 5.74) is 0. The summed E-state index contributed by atoms with van der Waals surface area (Å²) >= 11 is 5.92. The van der Waals surface area contributed by atoms with Crippen LogP contribution in [0.5, 0.6) is 0 Å². The van der Waals surface area contributed by atoms with Crippen LogP contribution >= 0.6 is 11.6 Å². The van der Waals surface area contributed by atoms with Gasteiger partial charge in [-0.05, 0) is 25.7 Å². The molecule has 0 rings (SSSR count). The average molecular weight is 354 g/mol. The molecule has 0 heterocycles. The van der Waals surface area contributed by atoms with E-state index in [1.54, 1.807) is 0 Å². The summed E-state index contributed by atoms with van der Waals surface area (Å²) in [7, 11) is 2.46. The maximum Gasteiger partial charge on any atom is 0.0796 e. The average Bonchev–Trinajstić information content (AvgIpc) is 2.49. The van der Waals surface area contributed by atoms with Crippen LogP contribution in [0, 0.1) is 0 Å². The SMILES string of the molecule is CCCCCCCC[N+](C)(CCCCl)CCCCCCC.[Cl-]. The van der Waals surface area contributed by atoms with Crippen molar-refractivity contribution in [1.82, 2.24) is 0 Å². The van der Waals surface area contributed by atoms with Gasteiger partial charge in [0.1, 0.15) is 0 Å². The zero-order valence-corrected chi connectivity index (χ0v) is 17.0. The lowest BCUT2D eigenvalue weighted by atomic mass is 10.1. The van der Waals surface area contributed by atoms with Crippen LogP contribution in [0.1, 0.15) is 90.9 Å². The van der Waals surface area contributed by atoms with Gasteiger partial charge >= 0.3 is 0 Å². The van der Waals surface area contributed by atoms with E-state index in [1.807, 2.05) is 0 Å². The number of unbranched alkanes of at least 4 members (excludes halogenated alkanes) is 9. The largest absolute Gasteiger partial charge is 1.00 e. The van der Waals surface area contributed by atoms with E-state index in [2.05, 4.69) is 20.9 Å². The number of hydrogen-bond donors (Lipinski definition) is 0. The molecular weight excluding hydrogens is 313 g/mol. The fourth-order valence-electron chi connectivity index (χ4n) is 3.15. The molecule has 3 heteroatoms. The normalized spacial score (nSPS) is 13.6. The number of halogens is 2. The summed E-state index contributed by atoms with van der Waals surface area (Å²) in [6.07, 6.45) is 16.6. The van der Waals surface area contributed by atoms with Crippen molar-refractivity contribution < 1.29 is 16.9 Å². The summed E-state index contributed by atoms with van der Waals surface area (Å²) in [5, 5.41) is 0. The highest BCUT2D eigenvalue weighted by atomic mass is 35.5. The van der Waals surface area contributed by atoms with Crippen LogP contribution in [0.3, 0.4) is 0 Å². The highest BCUT2D eigenvalue weighted by Gasteiger charge is 2.19. The Morgan fingerprint density at radius 3 is 1.36 bits per heavy atom. The molecule has 0 bridgehead atoms. The molecule has 22 heavy (non-hydrogen) atoms. The van der Waals surface area contributed by atoms with E-state index in [-0.39, 0.29) is 12.4 Å². The molecule has 0 aliphatic heterocycles. The molecular formula is C19H41Cl2N. The quantitative estimate of drug-likeness (QED) is 0.226. The Balaban J connectivity index is 0. The van der Waals surface area contributed by atoms with Crippen molar-refractivity contribution in [2.75, 3.05) is 32.6 Å². The standard InChI is InChI=1S/C19H41ClN.ClH/c1-4-6-8-10-12-14-18-21(3,19-15-16-20)17-13-11-9-7-5-2;/h4-19H2,1-3H3;1H/q+1;/p-1. The van der Waals surface area contributed by atoms with Crippen molar-refractivity contribution in [3.8, 4) is 0 Å². The van der Waals surface area contributed by atoms with E-state index >= 15 is 0 Å². The predicted molar refractivity (Wildman–Crippen MR) is 98.3 cm³/mol. The Morgan fingerprint density at radius 2 is 0.955 bits per heavy atom. The van der Waals surface area contributed by atoms with Gasteiger partial charge in [0.2, 0.25) is 0 Å². The number of quaternary nitrogens is 1. The molecule has 0 fully saturated rings. The Morgan fingerprint density at radius 1 is 0.591 bits per heavy atom. The van der Waals surface area contributed by atoms with Gasteiger partial charge in [-0.25, -0.2) is 0 Å². The third-order valence-electron chi connectivity index (χ3n) is 4.68. The number of hydrogen-bond acceptors (Lipinski definition) is 0. The molecule has 1 unspecified atom stereocenters. The molecule has 1 nitrogen and oxygen atoms in total. The lowest BCUT2D eigenvalue weighted by Crippen LogP contribution is -3.00. The smallest absolute Gasteiger partial charge is 0.0796 e. The Bertz CT molecular complexity index is 212. The third-order valence-corrected chi connectivity index (χ3v) is 4.95. The van der Waals surface area contributed by atoms with Gasteiger partial charge < -0.3 is 16.9 Å². The highest BCUT2D eigenvalue weighted by molar-refractivity contribution is 6.17.